The van der Waals surface area contributed by atoms with Crippen LogP contribution in [0, 0.1) is 12.0 Å². The molecular weight excluding hydrogens is 212 g/mol. The van der Waals surface area contributed by atoms with Crippen molar-refractivity contribution >= 4 is 18.7 Å². The van der Waals surface area contributed by atoms with E-state index in [4.69, 9.17) is 6.42 Å². The van der Waals surface area contributed by atoms with E-state index in [9.17, 15) is 4.80 Å². The Bertz CT molecular complexity index is 460. The molecule has 0 saturated heterocycles. The predicted molar refractivity (Wildman–Crippen MR) is 69.0 cm³/mol. The van der Waals surface area contributed by atoms with Crippen LogP contribution in [0.4, 0.5) is 0 Å². The molecule has 1 N–H and O–H groups in total. The Hall–Kier alpha value is -1.82. The average Bonchev–Trinajstić information content (AvgIpc) is 2.40. The summed E-state index contributed by atoms with van der Waals surface area (Å²) in [5, 5.41) is 1.70. The van der Waals surface area contributed by atoms with Crippen LogP contribution in [0.25, 0.3) is 0 Å². The molecule has 2 aromatic rings. The number of rotatable bonds is 2. The van der Waals surface area contributed by atoms with E-state index in [0.717, 1.165) is 10.4 Å². The van der Waals surface area contributed by atoms with Crippen molar-refractivity contribution < 1.29 is 4.80 Å². The monoisotopic (exact) mass is 224 g/mol. The summed E-state index contributed by atoms with van der Waals surface area (Å²) in [7, 11) is -2.95. The van der Waals surface area contributed by atoms with Crippen LogP contribution in [0.15, 0.2) is 60.7 Å². The van der Waals surface area contributed by atoms with Crippen molar-refractivity contribution in [3.63, 3.8) is 0 Å². The molecule has 1 nitrogen and oxygen atoms in total. The van der Waals surface area contributed by atoms with Gasteiger partial charge in [0.1, 0.15) is 0 Å². The highest BCUT2D eigenvalue weighted by Gasteiger charge is 2.33. The molecule has 0 fully saturated rings. The maximum atomic E-state index is 10.7. The summed E-state index contributed by atoms with van der Waals surface area (Å²) in [4.78, 5) is 10.7. The van der Waals surface area contributed by atoms with Gasteiger partial charge in [-0.2, -0.15) is 0 Å². The van der Waals surface area contributed by atoms with Gasteiger partial charge in [-0.1, -0.05) is 66.2 Å². The molecule has 0 bridgehead atoms. The van der Waals surface area contributed by atoms with Gasteiger partial charge in [-0.25, -0.2) is 0 Å². The van der Waals surface area contributed by atoms with Crippen LogP contribution in [0.5, 0.6) is 0 Å². The summed E-state index contributed by atoms with van der Waals surface area (Å²) in [6, 6.07) is 19.0. The lowest BCUT2D eigenvalue weighted by Crippen LogP contribution is -2.57. The molecule has 2 rings (SSSR count). The molecule has 0 atom stereocenters. The maximum Gasteiger partial charge on any atom is 0.334 e. The highest BCUT2D eigenvalue weighted by atomic mass is 28.4. The molecule has 0 aliphatic heterocycles. The minimum absolute atomic E-state index is 0.851. The molecular formula is C14H12OSi. The third-order valence-corrected chi connectivity index (χ3v) is 5.35. The molecule has 0 spiro atoms. The van der Waals surface area contributed by atoms with Crippen LogP contribution in [0.2, 0.25) is 0 Å². The molecule has 0 amide bonds. The Balaban J connectivity index is 2.55. The third-order valence-electron chi connectivity index (χ3n) is 2.59. The molecule has 0 saturated carbocycles. The van der Waals surface area contributed by atoms with Crippen LogP contribution in [0.1, 0.15) is 0 Å². The Morgan fingerprint density at radius 2 is 1.19 bits per heavy atom. The summed E-state index contributed by atoms with van der Waals surface area (Å²) < 4.78 is 0. The lowest BCUT2D eigenvalue weighted by molar-refractivity contribution is 0.584. The van der Waals surface area contributed by atoms with Gasteiger partial charge >= 0.3 is 8.32 Å². The van der Waals surface area contributed by atoms with E-state index < -0.39 is 8.32 Å². The SMILES string of the molecule is C#C[Si](O)(c1ccccc1)c1ccccc1. The van der Waals surface area contributed by atoms with Crippen LogP contribution >= 0.6 is 0 Å². The number of hydrogen-bond acceptors (Lipinski definition) is 1. The van der Waals surface area contributed by atoms with Crippen LogP contribution in [0.3, 0.4) is 0 Å². The van der Waals surface area contributed by atoms with Crippen molar-refractivity contribution in [2.75, 3.05) is 0 Å². The van der Waals surface area contributed by atoms with E-state index in [0.29, 0.717) is 0 Å². The van der Waals surface area contributed by atoms with Crippen LogP contribution in [-0.2, 0) is 0 Å². The molecule has 78 valence electrons. The van der Waals surface area contributed by atoms with Crippen molar-refractivity contribution in [3.8, 4) is 12.0 Å². The summed E-state index contributed by atoms with van der Waals surface area (Å²) >= 11 is 0. The minimum Gasteiger partial charge on any atom is -0.415 e. The third kappa shape index (κ3) is 1.79. The Labute approximate surface area is 96.5 Å². The maximum absolute atomic E-state index is 10.7. The van der Waals surface area contributed by atoms with Crippen molar-refractivity contribution in [1.29, 1.82) is 0 Å². The van der Waals surface area contributed by atoms with E-state index in [-0.39, 0.29) is 0 Å². The standard InChI is InChI=1S/C14H12OSi/c1-2-16(15,13-9-5-3-6-10-13)14-11-7-4-8-12-14/h1,3-12,15H. The van der Waals surface area contributed by atoms with Gasteiger partial charge in [0.2, 0.25) is 0 Å². The van der Waals surface area contributed by atoms with Crippen molar-refractivity contribution in [2.45, 2.75) is 0 Å². The fourth-order valence-electron chi connectivity index (χ4n) is 1.69. The quantitative estimate of drug-likeness (QED) is 0.594. The van der Waals surface area contributed by atoms with E-state index in [2.05, 4.69) is 5.54 Å². The normalized spacial score (nSPS) is 10.8. The van der Waals surface area contributed by atoms with Gasteiger partial charge in [-0.15, -0.1) is 6.42 Å². The zero-order valence-electron chi connectivity index (χ0n) is 8.80. The fourth-order valence-corrected chi connectivity index (χ4v) is 3.71. The highest BCUT2D eigenvalue weighted by molar-refractivity contribution is 7.02. The summed E-state index contributed by atoms with van der Waals surface area (Å²) in [5.41, 5.74) is 2.61. The first-order chi connectivity index (χ1) is 7.77. The molecule has 0 aliphatic rings. The van der Waals surface area contributed by atoms with E-state index in [1.807, 2.05) is 60.7 Å². The minimum atomic E-state index is -2.95. The molecule has 0 unspecified atom stereocenters. The lowest BCUT2D eigenvalue weighted by atomic mass is 10.4. The predicted octanol–water partition coefficient (Wildman–Crippen LogP) is 0.911. The van der Waals surface area contributed by atoms with Gasteiger partial charge in [-0.3, -0.25) is 0 Å². The Morgan fingerprint density at radius 1 is 0.812 bits per heavy atom. The first kappa shape index (κ1) is 10.7. The zero-order chi connectivity index (χ0) is 11.4. The van der Waals surface area contributed by atoms with Gasteiger partial charge < -0.3 is 4.80 Å². The lowest BCUT2D eigenvalue weighted by Gasteiger charge is -2.19. The zero-order valence-corrected chi connectivity index (χ0v) is 9.80. The number of terminal acetylenes is 1. The Morgan fingerprint density at radius 3 is 1.50 bits per heavy atom. The summed E-state index contributed by atoms with van der Waals surface area (Å²) in [6.45, 7) is 0. The first-order valence-electron chi connectivity index (χ1n) is 5.08. The Kier molecular flexibility index (Phi) is 2.91. The summed E-state index contributed by atoms with van der Waals surface area (Å²) in [6.07, 6.45) is 5.53. The molecule has 0 heterocycles. The number of benzene rings is 2. The highest BCUT2D eigenvalue weighted by Crippen LogP contribution is 2.00. The molecule has 0 aromatic heterocycles. The van der Waals surface area contributed by atoms with Crippen LogP contribution in [-0.4, -0.2) is 13.1 Å². The smallest absolute Gasteiger partial charge is 0.334 e. The molecule has 0 aliphatic carbocycles. The molecule has 2 heteroatoms. The summed E-state index contributed by atoms with van der Waals surface area (Å²) in [5.74, 6) is 0. The van der Waals surface area contributed by atoms with Gasteiger partial charge in [-0.05, 0) is 10.4 Å². The molecule has 0 radical (unpaired) electrons. The van der Waals surface area contributed by atoms with Crippen molar-refractivity contribution in [2.24, 2.45) is 0 Å². The van der Waals surface area contributed by atoms with Gasteiger partial charge in [0, 0.05) is 0 Å². The number of hydrogen-bond donors (Lipinski definition) is 1. The first-order valence-corrected chi connectivity index (χ1v) is 7.03. The van der Waals surface area contributed by atoms with Crippen LogP contribution < -0.4 is 10.4 Å². The van der Waals surface area contributed by atoms with Gasteiger partial charge in [0.05, 0.1) is 0 Å². The van der Waals surface area contributed by atoms with Gasteiger partial charge in [0.15, 0.2) is 0 Å². The fraction of sp³-hybridized carbons (Fsp3) is 0. The largest absolute Gasteiger partial charge is 0.415 e. The second-order valence-electron chi connectivity index (χ2n) is 3.59. The second kappa shape index (κ2) is 4.36. The van der Waals surface area contributed by atoms with Gasteiger partial charge in [0.25, 0.3) is 0 Å². The van der Waals surface area contributed by atoms with E-state index in [1.54, 1.807) is 0 Å². The second-order valence-corrected chi connectivity index (χ2v) is 6.45. The molecule has 2 aromatic carbocycles. The molecule has 16 heavy (non-hydrogen) atoms. The average molecular weight is 224 g/mol. The van der Waals surface area contributed by atoms with Crippen molar-refractivity contribution in [1.82, 2.24) is 0 Å². The van der Waals surface area contributed by atoms with Crippen molar-refractivity contribution in [3.05, 3.63) is 60.7 Å². The topological polar surface area (TPSA) is 20.2 Å². The van der Waals surface area contributed by atoms with E-state index in [1.165, 1.54) is 0 Å². The van der Waals surface area contributed by atoms with E-state index >= 15 is 0 Å².